The fourth-order valence-corrected chi connectivity index (χ4v) is 2.72. The number of likely N-dealkylation sites (tertiary alicyclic amines) is 1. The number of carboxylic acid groups (broad SMARTS) is 1. The lowest BCUT2D eigenvalue weighted by Gasteiger charge is -2.23. The first kappa shape index (κ1) is 13.3. The Hall–Kier alpha value is -1.14. The predicted octanol–water partition coefficient (Wildman–Crippen LogP) is -0.184. The zero-order chi connectivity index (χ0) is 13.3. The highest BCUT2D eigenvalue weighted by Gasteiger charge is 2.40. The molecule has 2 aliphatic rings. The van der Waals surface area contributed by atoms with Crippen LogP contribution >= 0.6 is 0 Å². The molecule has 0 spiro atoms. The highest BCUT2D eigenvalue weighted by atomic mass is 16.5. The topological polar surface area (TPSA) is 92.9 Å². The molecule has 2 heterocycles. The van der Waals surface area contributed by atoms with Crippen LogP contribution in [0.1, 0.15) is 26.2 Å². The second-order valence-corrected chi connectivity index (χ2v) is 5.57. The second kappa shape index (κ2) is 4.85. The fraction of sp³-hybridized carbons (Fsp3) is 0.833. The van der Waals surface area contributed by atoms with Gasteiger partial charge in [0, 0.05) is 13.1 Å². The number of hydrogen-bond acceptors (Lipinski definition) is 4. The largest absolute Gasteiger partial charge is 0.479 e. The minimum absolute atomic E-state index is 0.0404. The summed E-state index contributed by atoms with van der Waals surface area (Å²) in [5.74, 6) is -1.15. The molecule has 2 aliphatic heterocycles. The monoisotopic (exact) mass is 256 g/mol. The van der Waals surface area contributed by atoms with Crippen LogP contribution in [0.15, 0.2) is 0 Å². The van der Waals surface area contributed by atoms with E-state index in [1.807, 2.05) is 6.92 Å². The van der Waals surface area contributed by atoms with Gasteiger partial charge in [0.2, 0.25) is 5.91 Å². The predicted molar refractivity (Wildman–Crippen MR) is 63.9 cm³/mol. The third kappa shape index (κ3) is 2.64. The molecule has 0 aliphatic carbocycles. The molecule has 3 unspecified atom stereocenters. The summed E-state index contributed by atoms with van der Waals surface area (Å²) in [6.45, 7) is 4.02. The van der Waals surface area contributed by atoms with E-state index in [1.165, 1.54) is 0 Å². The average Bonchev–Trinajstić information content (AvgIpc) is 2.87. The van der Waals surface area contributed by atoms with Gasteiger partial charge in [-0.1, -0.05) is 0 Å². The number of carbonyl (C=O) groups is 2. The molecule has 0 aromatic heterocycles. The van der Waals surface area contributed by atoms with Crippen LogP contribution in [0.25, 0.3) is 0 Å². The molecule has 102 valence electrons. The number of amides is 1. The molecule has 6 nitrogen and oxygen atoms in total. The maximum Gasteiger partial charge on any atom is 0.332 e. The Bertz CT molecular complexity index is 360. The summed E-state index contributed by atoms with van der Waals surface area (Å²) in [7, 11) is 0. The number of carboxylic acids is 1. The van der Waals surface area contributed by atoms with Crippen molar-refractivity contribution in [2.45, 2.75) is 38.4 Å². The first-order valence-electron chi connectivity index (χ1n) is 6.31. The summed E-state index contributed by atoms with van der Waals surface area (Å²) in [6, 6.07) is 0. The van der Waals surface area contributed by atoms with E-state index >= 15 is 0 Å². The van der Waals surface area contributed by atoms with Gasteiger partial charge in [-0.15, -0.1) is 0 Å². The molecule has 0 aromatic rings. The van der Waals surface area contributed by atoms with Gasteiger partial charge < -0.3 is 15.6 Å². The molecule has 0 radical (unpaired) electrons. The van der Waals surface area contributed by atoms with Crippen LogP contribution in [0.5, 0.6) is 0 Å². The van der Waals surface area contributed by atoms with Crippen molar-refractivity contribution in [2.24, 2.45) is 11.1 Å². The Morgan fingerprint density at radius 2 is 2.22 bits per heavy atom. The lowest BCUT2D eigenvalue weighted by Crippen LogP contribution is -2.39. The SMILES string of the molecule is CC1(C(N)=O)CCN(CC2CCC(C(=O)O)O2)C1. The van der Waals surface area contributed by atoms with E-state index < -0.39 is 17.5 Å². The highest BCUT2D eigenvalue weighted by Crippen LogP contribution is 2.31. The van der Waals surface area contributed by atoms with Crippen LogP contribution in [0.3, 0.4) is 0 Å². The number of hydrogen-bond donors (Lipinski definition) is 2. The van der Waals surface area contributed by atoms with Crippen molar-refractivity contribution >= 4 is 11.9 Å². The van der Waals surface area contributed by atoms with Crippen LogP contribution in [-0.4, -0.2) is 53.7 Å². The summed E-state index contributed by atoms with van der Waals surface area (Å²) in [5, 5.41) is 8.85. The van der Waals surface area contributed by atoms with Crippen molar-refractivity contribution in [1.82, 2.24) is 4.90 Å². The van der Waals surface area contributed by atoms with Crippen LogP contribution in [-0.2, 0) is 14.3 Å². The van der Waals surface area contributed by atoms with Gasteiger partial charge in [-0.05, 0) is 32.7 Å². The van der Waals surface area contributed by atoms with E-state index in [1.54, 1.807) is 0 Å². The number of rotatable bonds is 4. The Labute approximate surface area is 106 Å². The van der Waals surface area contributed by atoms with Crippen LogP contribution in [0.2, 0.25) is 0 Å². The highest BCUT2D eigenvalue weighted by molar-refractivity contribution is 5.81. The van der Waals surface area contributed by atoms with E-state index in [0.29, 0.717) is 19.5 Å². The van der Waals surface area contributed by atoms with Gasteiger partial charge in [0.15, 0.2) is 6.10 Å². The fourth-order valence-electron chi connectivity index (χ4n) is 2.72. The molecular formula is C12H20N2O4. The summed E-state index contributed by atoms with van der Waals surface area (Å²) in [5.41, 5.74) is 4.94. The zero-order valence-corrected chi connectivity index (χ0v) is 10.6. The van der Waals surface area contributed by atoms with Gasteiger partial charge in [-0.25, -0.2) is 4.79 Å². The lowest BCUT2D eigenvalue weighted by molar-refractivity contribution is -0.149. The Balaban J connectivity index is 1.83. The molecule has 0 bridgehead atoms. The van der Waals surface area contributed by atoms with Crippen LogP contribution in [0.4, 0.5) is 0 Å². The van der Waals surface area contributed by atoms with Crippen molar-refractivity contribution in [3.8, 4) is 0 Å². The molecule has 1 amide bonds. The first-order chi connectivity index (χ1) is 8.40. The van der Waals surface area contributed by atoms with E-state index in [9.17, 15) is 9.59 Å². The summed E-state index contributed by atoms with van der Waals surface area (Å²) in [4.78, 5) is 24.2. The van der Waals surface area contributed by atoms with Crippen molar-refractivity contribution in [3.05, 3.63) is 0 Å². The molecule has 2 saturated heterocycles. The van der Waals surface area contributed by atoms with E-state index in [2.05, 4.69) is 4.90 Å². The van der Waals surface area contributed by atoms with Gasteiger partial charge in [-0.3, -0.25) is 9.69 Å². The maximum absolute atomic E-state index is 11.3. The van der Waals surface area contributed by atoms with Crippen molar-refractivity contribution in [2.75, 3.05) is 19.6 Å². The molecule has 3 N–H and O–H groups in total. The van der Waals surface area contributed by atoms with Gasteiger partial charge in [0.1, 0.15) is 0 Å². The van der Waals surface area contributed by atoms with Gasteiger partial charge in [0.05, 0.1) is 11.5 Å². The normalized spacial score (nSPS) is 36.9. The van der Waals surface area contributed by atoms with E-state index in [4.69, 9.17) is 15.6 Å². The molecule has 2 fully saturated rings. The zero-order valence-electron chi connectivity index (χ0n) is 10.6. The van der Waals surface area contributed by atoms with Crippen molar-refractivity contribution in [3.63, 3.8) is 0 Å². The number of ether oxygens (including phenoxy) is 1. The lowest BCUT2D eigenvalue weighted by atomic mass is 9.89. The Morgan fingerprint density at radius 3 is 2.72 bits per heavy atom. The number of carbonyl (C=O) groups excluding carboxylic acids is 1. The van der Waals surface area contributed by atoms with Crippen LogP contribution in [0, 0.1) is 5.41 Å². The minimum Gasteiger partial charge on any atom is -0.479 e. The van der Waals surface area contributed by atoms with E-state index in [-0.39, 0.29) is 12.0 Å². The third-order valence-electron chi connectivity index (χ3n) is 3.99. The molecule has 0 aromatic carbocycles. The summed E-state index contributed by atoms with van der Waals surface area (Å²) >= 11 is 0. The summed E-state index contributed by atoms with van der Waals surface area (Å²) < 4.78 is 5.46. The minimum atomic E-state index is -0.888. The smallest absolute Gasteiger partial charge is 0.332 e. The molecule has 0 saturated carbocycles. The number of aliphatic carboxylic acids is 1. The molecule has 3 atom stereocenters. The molecular weight excluding hydrogens is 236 g/mol. The summed E-state index contributed by atoms with van der Waals surface area (Å²) in [6.07, 6.45) is 1.39. The molecule has 2 rings (SSSR count). The second-order valence-electron chi connectivity index (χ2n) is 5.57. The van der Waals surface area contributed by atoms with Crippen molar-refractivity contribution in [1.29, 1.82) is 0 Å². The Kier molecular flexibility index (Phi) is 3.59. The number of nitrogens with zero attached hydrogens (tertiary/aromatic N) is 1. The first-order valence-corrected chi connectivity index (χ1v) is 6.31. The standard InChI is InChI=1S/C12H20N2O4/c1-12(11(13)17)4-5-14(7-12)6-8-2-3-9(18-8)10(15)16/h8-9H,2-7H2,1H3,(H2,13,17)(H,15,16). The van der Waals surface area contributed by atoms with Gasteiger partial charge in [0.25, 0.3) is 0 Å². The third-order valence-corrected chi connectivity index (χ3v) is 3.99. The molecule has 6 heteroatoms. The molecule has 18 heavy (non-hydrogen) atoms. The average molecular weight is 256 g/mol. The van der Waals surface area contributed by atoms with Crippen molar-refractivity contribution < 1.29 is 19.4 Å². The number of nitrogens with two attached hydrogens (primary N) is 1. The van der Waals surface area contributed by atoms with Gasteiger partial charge in [-0.2, -0.15) is 0 Å². The quantitative estimate of drug-likeness (QED) is 0.727. The van der Waals surface area contributed by atoms with E-state index in [0.717, 1.165) is 19.4 Å². The number of primary amides is 1. The Morgan fingerprint density at radius 1 is 1.50 bits per heavy atom. The van der Waals surface area contributed by atoms with Crippen LogP contribution < -0.4 is 5.73 Å². The van der Waals surface area contributed by atoms with Gasteiger partial charge >= 0.3 is 5.97 Å². The maximum atomic E-state index is 11.3.